The quantitative estimate of drug-likeness (QED) is 0.221. The fraction of sp³-hybridized carbons (Fsp3) is 0.500. The van der Waals surface area contributed by atoms with E-state index in [-0.39, 0.29) is 51.4 Å². The molecule has 0 aliphatic heterocycles. The molecular formula is C6H9KO5S. The van der Waals surface area contributed by atoms with Gasteiger partial charge in [0.25, 0.3) is 0 Å². The summed E-state index contributed by atoms with van der Waals surface area (Å²) in [6, 6.07) is 0. The van der Waals surface area contributed by atoms with Crippen LogP contribution in [0, 0.1) is 5.92 Å². The Morgan fingerprint density at radius 2 is 2.15 bits per heavy atom. The molecule has 13 heavy (non-hydrogen) atoms. The zero-order chi connectivity index (χ0) is 9.78. The minimum Gasteiger partial charge on any atom is -0.748 e. The fourth-order valence-corrected chi connectivity index (χ4v) is 1.32. The van der Waals surface area contributed by atoms with Crippen LogP contribution in [0.5, 0.6) is 0 Å². The first-order chi connectivity index (χ1) is 5.37. The molecule has 5 nitrogen and oxygen atoms in total. The molecule has 0 radical (unpaired) electrons. The van der Waals surface area contributed by atoms with Crippen LogP contribution in [0.25, 0.3) is 0 Å². The van der Waals surface area contributed by atoms with Crippen molar-refractivity contribution in [3.8, 4) is 0 Å². The van der Waals surface area contributed by atoms with Crippen LogP contribution >= 0.6 is 0 Å². The molecule has 0 bridgehead atoms. The van der Waals surface area contributed by atoms with Gasteiger partial charge in [-0.2, -0.15) is 0 Å². The predicted octanol–water partition coefficient (Wildman–Crippen LogP) is -3.14. The normalized spacial score (nSPS) is 12.5. The second-order valence-electron chi connectivity index (χ2n) is 2.23. The van der Waals surface area contributed by atoms with Crippen LogP contribution in [0.2, 0.25) is 0 Å². The molecular weight excluding hydrogens is 223 g/mol. The van der Waals surface area contributed by atoms with Crippen molar-refractivity contribution in [2.75, 3.05) is 5.75 Å². The Hall–Kier alpha value is 0.756. The van der Waals surface area contributed by atoms with Crippen molar-refractivity contribution in [3.63, 3.8) is 0 Å². The molecule has 70 valence electrons. The smallest absolute Gasteiger partial charge is 0.748 e. The van der Waals surface area contributed by atoms with Gasteiger partial charge >= 0.3 is 57.4 Å². The average Bonchev–Trinajstić information content (AvgIpc) is 1.84. The average molecular weight is 232 g/mol. The van der Waals surface area contributed by atoms with Crippen LogP contribution in [0.3, 0.4) is 0 Å². The van der Waals surface area contributed by atoms with Gasteiger partial charge in [0, 0.05) is 0 Å². The summed E-state index contributed by atoms with van der Waals surface area (Å²) in [5, 5.41) is 0. The van der Waals surface area contributed by atoms with E-state index in [9.17, 15) is 17.8 Å². The van der Waals surface area contributed by atoms with E-state index in [0.29, 0.717) is 0 Å². The van der Waals surface area contributed by atoms with Gasteiger partial charge < -0.3 is 9.29 Å². The van der Waals surface area contributed by atoms with Crippen molar-refractivity contribution in [2.24, 2.45) is 5.92 Å². The van der Waals surface area contributed by atoms with E-state index in [1.54, 1.807) is 0 Å². The summed E-state index contributed by atoms with van der Waals surface area (Å²) in [6.07, 6.45) is 0.885. The van der Waals surface area contributed by atoms with Gasteiger partial charge in [0.15, 0.2) is 0 Å². The van der Waals surface area contributed by atoms with Gasteiger partial charge in [-0.1, -0.05) is 13.5 Å². The Labute approximate surface area is 120 Å². The van der Waals surface area contributed by atoms with E-state index in [2.05, 4.69) is 11.3 Å². The molecule has 1 atom stereocenters. The van der Waals surface area contributed by atoms with Gasteiger partial charge in [-0.05, 0) is 0 Å². The Bertz CT molecular complexity index is 271. The first-order valence-electron chi connectivity index (χ1n) is 3.12. The molecule has 0 saturated carbocycles. The molecule has 0 aliphatic carbocycles. The van der Waals surface area contributed by atoms with Crippen LogP contribution in [-0.2, 0) is 19.6 Å². The Morgan fingerprint density at radius 1 is 1.69 bits per heavy atom. The van der Waals surface area contributed by atoms with Gasteiger partial charge in [0.1, 0.15) is 0 Å². The maximum Gasteiger partial charge on any atom is 1.00 e. The summed E-state index contributed by atoms with van der Waals surface area (Å²) in [7, 11) is -4.37. The maximum atomic E-state index is 10.7. The second-order valence-corrected chi connectivity index (χ2v) is 3.68. The topological polar surface area (TPSA) is 83.5 Å². The van der Waals surface area contributed by atoms with Crippen LogP contribution < -0.4 is 51.4 Å². The predicted molar refractivity (Wildman–Crippen MR) is 40.0 cm³/mol. The minimum atomic E-state index is -4.37. The number of ether oxygens (including phenoxy) is 1. The van der Waals surface area contributed by atoms with E-state index in [1.807, 2.05) is 0 Å². The third-order valence-electron chi connectivity index (χ3n) is 1.06. The van der Waals surface area contributed by atoms with Gasteiger partial charge in [-0.3, -0.25) is 4.79 Å². The van der Waals surface area contributed by atoms with Crippen LogP contribution in [0.15, 0.2) is 12.8 Å². The molecule has 0 amide bonds. The molecule has 0 heterocycles. The third-order valence-corrected chi connectivity index (χ3v) is 1.96. The van der Waals surface area contributed by atoms with Crippen molar-refractivity contribution in [1.29, 1.82) is 0 Å². The van der Waals surface area contributed by atoms with Crippen molar-refractivity contribution >= 4 is 16.1 Å². The van der Waals surface area contributed by atoms with Crippen molar-refractivity contribution in [1.82, 2.24) is 0 Å². The molecule has 1 unspecified atom stereocenters. The fourth-order valence-electron chi connectivity index (χ4n) is 0.573. The number of esters is 1. The van der Waals surface area contributed by atoms with Crippen LogP contribution in [0.1, 0.15) is 6.92 Å². The molecule has 0 aromatic carbocycles. The van der Waals surface area contributed by atoms with E-state index in [4.69, 9.17) is 0 Å². The molecule has 0 spiro atoms. The molecule has 0 N–H and O–H groups in total. The number of carbonyl (C=O) groups excluding carboxylic acids is 1. The number of rotatable bonds is 4. The molecule has 0 saturated heterocycles. The van der Waals surface area contributed by atoms with Gasteiger partial charge in [-0.15, -0.1) is 0 Å². The summed E-state index contributed by atoms with van der Waals surface area (Å²) in [4.78, 5) is 10.7. The second kappa shape index (κ2) is 7.10. The first kappa shape index (κ1) is 16.2. The number of hydrogen-bond donors (Lipinski definition) is 0. The number of carbonyl (C=O) groups is 1. The van der Waals surface area contributed by atoms with Crippen LogP contribution in [0.4, 0.5) is 0 Å². The molecule has 7 heteroatoms. The van der Waals surface area contributed by atoms with Crippen LogP contribution in [-0.4, -0.2) is 24.7 Å². The van der Waals surface area contributed by atoms with Gasteiger partial charge in [0.2, 0.25) is 0 Å². The minimum absolute atomic E-state index is 0. The van der Waals surface area contributed by atoms with E-state index in [0.717, 1.165) is 6.26 Å². The zero-order valence-corrected chi connectivity index (χ0v) is 11.5. The number of hydrogen-bond acceptors (Lipinski definition) is 5. The maximum absolute atomic E-state index is 10.7. The largest absolute Gasteiger partial charge is 1.00 e. The van der Waals surface area contributed by atoms with Crippen molar-refractivity contribution < 1.29 is 73.9 Å². The van der Waals surface area contributed by atoms with E-state index in [1.165, 1.54) is 6.92 Å². The van der Waals surface area contributed by atoms with Crippen molar-refractivity contribution in [2.45, 2.75) is 6.92 Å². The van der Waals surface area contributed by atoms with Gasteiger partial charge in [0.05, 0.1) is 28.1 Å². The first-order valence-corrected chi connectivity index (χ1v) is 4.69. The standard InChI is InChI=1S/C6H10O5S.K/c1-3-11-6(7)5(2)4-12(8,9)10;/h3,5H,1,4H2,2H3,(H,8,9,10);/q;+1/p-1. The SMILES string of the molecule is C=COC(=O)C(C)CS(=O)(=O)[O-].[K+]. The molecule has 0 aromatic heterocycles. The molecule has 0 aliphatic rings. The monoisotopic (exact) mass is 232 g/mol. The summed E-state index contributed by atoms with van der Waals surface area (Å²) in [6.45, 7) is 4.40. The molecule has 0 fully saturated rings. The van der Waals surface area contributed by atoms with Gasteiger partial charge in [-0.25, -0.2) is 8.42 Å². The Balaban J connectivity index is 0. The van der Waals surface area contributed by atoms with Crippen molar-refractivity contribution in [3.05, 3.63) is 12.8 Å². The van der Waals surface area contributed by atoms with E-state index >= 15 is 0 Å². The molecule has 0 aromatic rings. The zero-order valence-electron chi connectivity index (χ0n) is 7.52. The Kier molecular flexibility index (Phi) is 8.85. The summed E-state index contributed by atoms with van der Waals surface area (Å²) in [5.41, 5.74) is 0. The summed E-state index contributed by atoms with van der Waals surface area (Å²) >= 11 is 0. The third kappa shape index (κ3) is 9.07. The van der Waals surface area contributed by atoms with E-state index < -0.39 is 27.8 Å². The summed E-state index contributed by atoms with van der Waals surface area (Å²) < 4.78 is 34.8. The summed E-state index contributed by atoms with van der Waals surface area (Å²) in [5.74, 6) is -2.48. The molecule has 0 rings (SSSR count). The Morgan fingerprint density at radius 3 is 2.46 bits per heavy atom.